The molecular formula is C13H19FO2. The summed E-state index contributed by atoms with van der Waals surface area (Å²) in [7, 11) is 1.54. The van der Waals surface area contributed by atoms with Crippen molar-refractivity contribution < 1.29 is 14.2 Å². The third-order valence-corrected chi connectivity index (χ3v) is 2.74. The normalized spacial score (nSPS) is 12.9. The van der Waals surface area contributed by atoms with Crippen molar-refractivity contribution in [1.29, 1.82) is 0 Å². The van der Waals surface area contributed by atoms with E-state index in [-0.39, 0.29) is 24.3 Å². The number of halogens is 1. The van der Waals surface area contributed by atoms with Gasteiger partial charge in [-0.05, 0) is 17.5 Å². The fourth-order valence-corrected chi connectivity index (χ4v) is 1.91. The Bertz CT molecular complexity index is 361. The minimum Gasteiger partial charge on any atom is -0.496 e. The van der Waals surface area contributed by atoms with E-state index in [4.69, 9.17) is 4.74 Å². The summed E-state index contributed by atoms with van der Waals surface area (Å²) in [5.41, 5.74) is 1.81. The molecule has 0 aromatic heterocycles. The summed E-state index contributed by atoms with van der Waals surface area (Å²) in [6.45, 7) is 5.94. The van der Waals surface area contributed by atoms with Crippen molar-refractivity contribution in [2.24, 2.45) is 0 Å². The van der Waals surface area contributed by atoms with E-state index in [1.807, 2.05) is 20.8 Å². The molecule has 1 aromatic carbocycles. The molecule has 16 heavy (non-hydrogen) atoms. The monoisotopic (exact) mass is 226 g/mol. The summed E-state index contributed by atoms with van der Waals surface area (Å²) in [6, 6.07) is 2.88. The molecule has 1 N–H and O–H groups in total. The predicted molar refractivity (Wildman–Crippen MR) is 62.5 cm³/mol. The highest BCUT2D eigenvalue weighted by molar-refractivity contribution is 5.44. The zero-order valence-corrected chi connectivity index (χ0v) is 10.2. The van der Waals surface area contributed by atoms with Crippen molar-refractivity contribution in [1.82, 2.24) is 0 Å². The number of methoxy groups -OCH3 is 1. The molecule has 0 heterocycles. The van der Waals surface area contributed by atoms with Gasteiger partial charge in [0, 0.05) is 24.2 Å². The van der Waals surface area contributed by atoms with Gasteiger partial charge in [0.2, 0.25) is 0 Å². The standard InChI is InChI=1S/C13H19FO2/c1-8(2)13-11(9(3)7-15)5-10(14)6-12(13)16-4/h5-6,8-9,15H,7H2,1-4H3. The van der Waals surface area contributed by atoms with Crippen LogP contribution in [0.25, 0.3) is 0 Å². The van der Waals surface area contributed by atoms with Crippen molar-refractivity contribution in [2.45, 2.75) is 32.6 Å². The molecule has 0 saturated carbocycles. The zero-order valence-electron chi connectivity index (χ0n) is 10.2. The molecule has 1 aromatic rings. The Morgan fingerprint density at radius 1 is 1.31 bits per heavy atom. The Labute approximate surface area is 96.1 Å². The van der Waals surface area contributed by atoms with Crippen molar-refractivity contribution >= 4 is 0 Å². The second-order valence-electron chi connectivity index (χ2n) is 4.35. The van der Waals surface area contributed by atoms with E-state index in [0.717, 1.165) is 11.1 Å². The molecule has 1 rings (SSSR count). The van der Waals surface area contributed by atoms with E-state index in [1.54, 1.807) is 0 Å². The molecule has 0 fully saturated rings. The zero-order chi connectivity index (χ0) is 12.3. The first-order chi connectivity index (χ1) is 7.51. The third-order valence-electron chi connectivity index (χ3n) is 2.74. The summed E-state index contributed by atoms with van der Waals surface area (Å²) < 4.78 is 18.6. The molecule has 0 aliphatic carbocycles. The number of hydrogen-bond donors (Lipinski definition) is 1. The average Bonchev–Trinajstić information content (AvgIpc) is 2.26. The van der Waals surface area contributed by atoms with Gasteiger partial charge in [-0.15, -0.1) is 0 Å². The highest BCUT2D eigenvalue weighted by Crippen LogP contribution is 2.34. The summed E-state index contributed by atoms with van der Waals surface area (Å²) in [4.78, 5) is 0. The number of ether oxygens (including phenoxy) is 1. The minimum absolute atomic E-state index is 0.00628. The molecule has 0 spiro atoms. The molecule has 3 heteroatoms. The lowest BCUT2D eigenvalue weighted by molar-refractivity contribution is 0.271. The SMILES string of the molecule is COc1cc(F)cc(C(C)CO)c1C(C)C. The quantitative estimate of drug-likeness (QED) is 0.855. The van der Waals surface area contributed by atoms with Gasteiger partial charge in [-0.25, -0.2) is 4.39 Å². The molecule has 0 aliphatic heterocycles. The smallest absolute Gasteiger partial charge is 0.127 e. The molecule has 0 amide bonds. The van der Waals surface area contributed by atoms with E-state index >= 15 is 0 Å². The number of rotatable bonds is 4. The average molecular weight is 226 g/mol. The lowest BCUT2D eigenvalue weighted by Gasteiger charge is -2.20. The van der Waals surface area contributed by atoms with Crippen LogP contribution < -0.4 is 4.74 Å². The maximum absolute atomic E-state index is 13.4. The van der Waals surface area contributed by atoms with E-state index in [2.05, 4.69) is 0 Å². The number of hydrogen-bond acceptors (Lipinski definition) is 2. The van der Waals surface area contributed by atoms with Gasteiger partial charge < -0.3 is 9.84 Å². The van der Waals surface area contributed by atoms with Gasteiger partial charge in [0.15, 0.2) is 0 Å². The van der Waals surface area contributed by atoms with Crippen LogP contribution in [-0.4, -0.2) is 18.8 Å². The minimum atomic E-state index is -0.323. The van der Waals surface area contributed by atoms with Crippen molar-refractivity contribution in [3.05, 3.63) is 29.1 Å². The fourth-order valence-electron chi connectivity index (χ4n) is 1.91. The lowest BCUT2D eigenvalue weighted by atomic mass is 9.89. The van der Waals surface area contributed by atoms with Gasteiger partial charge in [0.1, 0.15) is 11.6 Å². The van der Waals surface area contributed by atoms with Gasteiger partial charge >= 0.3 is 0 Å². The Kier molecular flexibility index (Phi) is 4.30. The second-order valence-corrected chi connectivity index (χ2v) is 4.35. The first-order valence-electron chi connectivity index (χ1n) is 5.49. The van der Waals surface area contributed by atoms with Crippen LogP contribution in [0.3, 0.4) is 0 Å². The summed E-state index contributed by atoms with van der Waals surface area (Å²) >= 11 is 0. The highest BCUT2D eigenvalue weighted by Gasteiger charge is 2.18. The van der Waals surface area contributed by atoms with Crippen LogP contribution in [0.1, 0.15) is 43.7 Å². The maximum atomic E-state index is 13.4. The van der Waals surface area contributed by atoms with E-state index in [9.17, 15) is 9.50 Å². The first-order valence-corrected chi connectivity index (χ1v) is 5.49. The third kappa shape index (κ3) is 2.53. The number of aliphatic hydroxyl groups excluding tert-OH is 1. The molecule has 0 bridgehead atoms. The number of benzene rings is 1. The van der Waals surface area contributed by atoms with Crippen LogP contribution in [0, 0.1) is 5.82 Å². The molecule has 1 atom stereocenters. The molecule has 1 unspecified atom stereocenters. The Balaban J connectivity index is 3.38. The molecule has 0 radical (unpaired) electrons. The van der Waals surface area contributed by atoms with Crippen LogP contribution in [0.2, 0.25) is 0 Å². The van der Waals surface area contributed by atoms with Gasteiger partial charge in [-0.2, -0.15) is 0 Å². The van der Waals surface area contributed by atoms with Crippen LogP contribution in [-0.2, 0) is 0 Å². The highest BCUT2D eigenvalue weighted by atomic mass is 19.1. The van der Waals surface area contributed by atoms with Crippen molar-refractivity contribution in [2.75, 3.05) is 13.7 Å². The van der Waals surface area contributed by atoms with Crippen LogP contribution in [0.4, 0.5) is 4.39 Å². The van der Waals surface area contributed by atoms with E-state index < -0.39 is 0 Å². The Hall–Kier alpha value is -1.09. The summed E-state index contributed by atoms with van der Waals surface area (Å²) in [5, 5.41) is 9.19. The lowest BCUT2D eigenvalue weighted by Crippen LogP contribution is -2.07. The van der Waals surface area contributed by atoms with Crippen molar-refractivity contribution in [3.63, 3.8) is 0 Å². The van der Waals surface area contributed by atoms with Crippen molar-refractivity contribution in [3.8, 4) is 5.75 Å². The molecule has 90 valence electrons. The Morgan fingerprint density at radius 3 is 2.38 bits per heavy atom. The topological polar surface area (TPSA) is 29.5 Å². The van der Waals surface area contributed by atoms with E-state index in [1.165, 1.54) is 19.2 Å². The van der Waals surface area contributed by atoms with Crippen LogP contribution >= 0.6 is 0 Å². The summed E-state index contributed by atoms with van der Waals surface area (Å²) in [5.74, 6) is 0.392. The van der Waals surface area contributed by atoms with Crippen LogP contribution in [0.15, 0.2) is 12.1 Å². The first kappa shape index (κ1) is 13.0. The molecule has 0 aliphatic rings. The van der Waals surface area contributed by atoms with Crippen LogP contribution in [0.5, 0.6) is 5.75 Å². The second kappa shape index (κ2) is 5.30. The molecule has 2 nitrogen and oxygen atoms in total. The fraction of sp³-hybridized carbons (Fsp3) is 0.538. The maximum Gasteiger partial charge on any atom is 0.127 e. The van der Waals surface area contributed by atoms with Gasteiger partial charge in [-0.3, -0.25) is 0 Å². The Morgan fingerprint density at radius 2 is 1.94 bits per heavy atom. The summed E-state index contributed by atoms with van der Waals surface area (Å²) in [6.07, 6.45) is 0. The molecule has 0 saturated heterocycles. The van der Waals surface area contributed by atoms with E-state index in [0.29, 0.717) is 5.75 Å². The predicted octanol–water partition coefficient (Wildman–Crippen LogP) is 3.05. The van der Waals surface area contributed by atoms with Gasteiger partial charge in [-0.1, -0.05) is 20.8 Å². The van der Waals surface area contributed by atoms with Gasteiger partial charge in [0.05, 0.1) is 7.11 Å². The van der Waals surface area contributed by atoms with Gasteiger partial charge in [0.25, 0.3) is 0 Å². The molecular weight excluding hydrogens is 207 g/mol. The number of aliphatic hydroxyl groups is 1. The largest absolute Gasteiger partial charge is 0.496 e.